The van der Waals surface area contributed by atoms with E-state index in [1.807, 2.05) is 43.3 Å². The van der Waals surface area contributed by atoms with E-state index >= 15 is 0 Å². The van der Waals surface area contributed by atoms with Gasteiger partial charge in [-0.25, -0.2) is 0 Å². The average Bonchev–Trinajstić information content (AvgIpc) is 3.02. The number of aromatic nitrogens is 1. The Morgan fingerprint density at radius 2 is 1.87 bits per heavy atom. The molecule has 0 bridgehead atoms. The maximum Gasteiger partial charge on any atom is 0.237 e. The quantitative estimate of drug-likeness (QED) is 0.802. The molecule has 3 N–H and O–H groups in total. The molecule has 1 aliphatic rings. The number of rotatable bonds is 4. The Morgan fingerprint density at radius 1 is 1.22 bits per heavy atom. The zero-order valence-corrected chi connectivity index (χ0v) is 13.1. The van der Waals surface area contributed by atoms with Crippen LogP contribution in [0.2, 0.25) is 0 Å². The number of benzene rings is 1. The Morgan fingerprint density at radius 3 is 2.48 bits per heavy atom. The molecule has 3 rings (SSSR count). The minimum Gasteiger partial charge on any atom is -0.392 e. The first-order valence-corrected chi connectivity index (χ1v) is 7.85. The van der Waals surface area contributed by atoms with E-state index in [0.717, 1.165) is 16.7 Å². The number of hydrogen-bond donors (Lipinski definition) is 3. The summed E-state index contributed by atoms with van der Waals surface area (Å²) < 4.78 is 0. The second-order valence-electron chi connectivity index (χ2n) is 5.94. The predicted molar refractivity (Wildman–Crippen MR) is 88.6 cm³/mol. The van der Waals surface area contributed by atoms with Gasteiger partial charge in [0.25, 0.3) is 0 Å². The standard InChI is InChI=1S/C18H21N3O2/c1-12(21-18(23)17-10-16(22)11-20-17)13-2-4-14(5-3-13)15-6-8-19-9-7-15/h2-9,12,16-17,20,22H,10-11H2,1H3,(H,21,23). The summed E-state index contributed by atoms with van der Waals surface area (Å²) in [5.41, 5.74) is 3.29. The fourth-order valence-electron chi connectivity index (χ4n) is 2.82. The summed E-state index contributed by atoms with van der Waals surface area (Å²) in [6.45, 7) is 2.44. The molecule has 5 nitrogen and oxygen atoms in total. The number of carbonyl (C=O) groups is 1. The molecule has 2 heterocycles. The van der Waals surface area contributed by atoms with Crippen molar-refractivity contribution in [2.45, 2.75) is 31.5 Å². The van der Waals surface area contributed by atoms with Crippen molar-refractivity contribution >= 4 is 5.91 Å². The Bertz CT molecular complexity index is 658. The highest BCUT2D eigenvalue weighted by Gasteiger charge is 2.28. The first-order valence-electron chi connectivity index (χ1n) is 7.85. The molecule has 0 saturated carbocycles. The number of aliphatic hydroxyl groups excluding tert-OH is 1. The van der Waals surface area contributed by atoms with E-state index in [4.69, 9.17) is 0 Å². The number of nitrogens with one attached hydrogen (secondary N) is 2. The van der Waals surface area contributed by atoms with Gasteiger partial charge in [-0.05, 0) is 42.2 Å². The van der Waals surface area contributed by atoms with E-state index in [1.165, 1.54) is 0 Å². The molecule has 5 heteroatoms. The summed E-state index contributed by atoms with van der Waals surface area (Å²) in [4.78, 5) is 16.2. The highest BCUT2D eigenvalue weighted by Crippen LogP contribution is 2.21. The van der Waals surface area contributed by atoms with Crippen LogP contribution in [0.25, 0.3) is 11.1 Å². The van der Waals surface area contributed by atoms with Gasteiger partial charge in [0, 0.05) is 18.9 Å². The lowest BCUT2D eigenvalue weighted by Gasteiger charge is -2.18. The molecule has 1 saturated heterocycles. The Kier molecular flexibility index (Phi) is 4.69. The molecule has 1 fully saturated rings. The molecular weight excluding hydrogens is 290 g/mol. The summed E-state index contributed by atoms with van der Waals surface area (Å²) in [7, 11) is 0. The molecular formula is C18H21N3O2. The lowest BCUT2D eigenvalue weighted by Crippen LogP contribution is -2.41. The van der Waals surface area contributed by atoms with Crippen molar-refractivity contribution in [3.63, 3.8) is 0 Å². The van der Waals surface area contributed by atoms with Crippen molar-refractivity contribution in [2.75, 3.05) is 6.54 Å². The first-order chi connectivity index (χ1) is 11.1. The Balaban J connectivity index is 1.64. The van der Waals surface area contributed by atoms with Gasteiger partial charge < -0.3 is 15.7 Å². The van der Waals surface area contributed by atoms with Crippen molar-refractivity contribution in [2.24, 2.45) is 0 Å². The lowest BCUT2D eigenvalue weighted by atomic mass is 10.0. The van der Waals surface area contributed by atoms with Gasteiger partial charge in [-0.15, -0.1) is 0 Å². The second-order valence-corrected chi connectivity index (χ2v) is 5.94. The molecule has 23 heavy (non-hydrogen) atoms. The minimum absolute atomic E-state index is 0.0627. The van der Waals surface area contributed by atoms with Crippen molar-refractivity contribution in [1.82, 2.24) is 15.6 Å². The van der Waals surface area contributed by atoms with Gasteiger partial charge in [-0.1, -0.05) is 24.3 Å². The van der Waals surface area contributed by atoms with E-state index in [-0.39, 0.29) is 18.0 Å². The summed E-state index contributed by atoms with van der Waals surface area (Å²) in [6, 6.07) is 11.7. The van der Waals surface area contributed by atoms with Gasteiger partial charge in [-0.3, -0.25) is 9.78 Å². The lowest BCUT2D eigenvalue weighted by molar-refractivity contribution is -0.123. The number of aliphatic hydroxyl groups is 1. The molecule has 0 spiro atoms. The van der Waals surface area contributed by atoms with Crippen molar-refractivity contribution < 1.29 is 9.90 Å². The van der Waals surface area contributed by atoms with E-state index < -0.39 is 6.10 Å². The summed E-state index contributed by atoms with van der Waals surface area (Å²) in [5, 5.41) is 15.5. The van der Waals surface area contributed by atoms with Crippen LogP contribution in [0.4, 0.5) is 0 Å². The third-order valence-corrected chi connectivity index (χ3v) is 4.21. The van der Waals surface area contributed by atoms with Crippen LogP contribution < -0.4 is 10.6 Å². The van der Waals surface area contributed by atoms with Crippen molar-refractivity contribution in [1.29, 1.82) is 0 Å². The third-order valence-electron chi connectivity index (χ3n) is 4.21. The molecule has 2 aromatic rings. The van der Waals surface area contributed by atoms with Gasteiger partial charge in [0.15, 0.2) is 0 Å². The van der Waals surface area contributed by atoms with Crippen LogP contribution in [-0.2, 0) is 4.79 Å². The summed E-state index contributed by atoms with van der Waals surface area (Å²) in [5.74, 6) is -0.0627. The molecule has 120 valence electrons. The SMILES string of the molecule is CC(NC(=O)C1CC(O)CN1)c1ccc(-c2ccncc2)cc1. The summed E-state index contributed by atoms with van der Waals surface area (Å²) in [6.07, 6.45) is 3.59. The van der Waals surface area contributed by atoms with E-state index in [2.05, 4.69) is 15.6 Å². The van der Waals surface area contributed by atoms with E-state index in [1.54, 1.807) is 12.4 Å². The first kappa shape index (κ1) is 15.6. The van der Waals surface area contributed by atoms with E-state index in [0.29, 0.717) is 13.0 Å². The number of pyridine rings is 1. The molecule has 1 aromatic carbocycles. The number of nitrogens with zero attached hydrogens (tertiary/aromatic N) is 1. The molecule has 1 amide bonds. The van der Waals surface area contributed by atoms with E-state index in [9.17, 15) is 9.90 Å². The smallest absolute Gasteiger partial charge is 0.237 e. The van der Waals surface area contributed by atoms with Crippen molar-refractivity contribution in [3.05, 3.63) is 54.4 Å². The zero-order valence-electron chi connectivity index (χ0n) is 13.1. The fourth-order valence-corrected chi connectivity index (χ4v) is 2.82. The Hall–Kier alpha value is -2.24. The molecule has 3 atom stereocenters. The average molecular weight is 311 g/mol. The molecule has 0 radical (unpaired) electrons. The monoisotopic (exact) mass is 311 g/mol. The molecule has 1 aliphatic heterocycles. The van der Waals surface area contributed by atoms with Crippen LogP contribution >= 0.6 is 0 Å². The normalized spacial score (nSPS) is 21.8. The fraction of sp³-hybridized carbons (Fsp3) is 0.333. The number of hydrogen-bond acceptors (Lipinski definition) is 4. The van der Waals surface area contributed by atoms with Crippen LogP contribution in [0.1, 0.15) is 24.9 Å². The maximum absolute atomic E-state index is 12.2. The largest absolute Gasteiger partial charge is 0.392 e. The van der Waals surface area contributed by atoms with Gasteiger partial charge in [-0.2, -0.15) is 0 Å². The van der Waals surface area contributed by atoms with Gasteiger partial charge in [0.1, 0.15) is 0 Å². The van der Waals surface area contributed by atoms with Crippen LogP contribution in [0.5, 0.6) is 0 Å². The minimum atomic E-state index is -0.430. The van der Waals surface area contributed by atoms with Crippen molar-refractivity contribution in [3.8, 4) is 11.1 Å². The third kappa shape index (κ3) is 3.75. The maximum atomic E-state index is 12.2. The van der Waals surface area contributed by atoms with Gasteiger partial charge in [0.2, 0.25) is 5.91 Å². The number of β-amino-alcohol motifs (C(OH)–C–C–N with tert-alkyl or cyclic N) is 1. The van der Waals surface area contributed by atoms with Crippen LogP contribution in [0.15, 0.2) is 48.8 Å². The zero-order chi connectivity index (χ0) is 16.2. The molecule has 0 aliphatic carbocycles. The van der Waals surface area contributed by atoms with Gasteiger partial charge in [0.05, 0.1) is 18.2 Å². The summed E-state index contributed by atoms with van der Waals surface area (Å²) >= 11 is 0. The van der Waals surface area contributed by atoms with Crippen LogP contribution in [0.3, 0.4) is 0 Å². The highest BCUT2D eigenvalue weighted by molar-refractivity contribution is 5.82. The molecule has 3 unspecified atom stereocenters. The number of amides is 1. The van der Waals surface area contributed by atoms with Crippen LogP contribution in [-0.4, -0.2) is 34.7 Å². The highest BCUT2D eigenvalue weighted by atomic mass is 16.3. The van der Waals surface area contributed by atoms with Crippen LogP contribution in [0, 0.1) is 0 Å². The number of carbonyl (C=O) groups excluding carboxylic acids is 1. The predicted octanol–water partition coefficient (Wildman–Crippen LogP) is 1.65. The molecule has 1 aromatic heterocycles. The Labute approximate surface area is 135 Å². The topological polar surface area (TPSA) is 74.2 Å². The van der Waals surface area contributed by atoms with Gasteiger partial charge >= 0.3 is 0 Å². The second kappa shape index (κ2) is 6.89.